The van der Waals surface area contributed by atoms with E-state index in [1.54, 1.807) is 6.26 Å². The van der Waals surface area contributed by atoms with Gasteiger partial charge < -0.3 is 9.52 Å². The molecule has 0 saturated carbocycles. The third kappa shape index (κ3) is 1.81. The van der Waals surface area contributed by atoms with E-state index < -0.39 is 6.10 Å². The Morgan fingerprint density at radius 2 is 1.78 bits per heavy atom. The van der Waals surface area contributed by atoms with Crippen LogP contribution in [0.4, 0.5) is 0 Å². The highest BCUT2D eigenvalue weighted by Gasteiger charge is 2.14. The van der Waals surface area contributed by atoms with Crippen LogP contribution in [0.2, 0.25) is 0 Å². The molecule has 0 amide bonds. The fourth-order valence-corrected chi connectivity index (χ4v) is 2.24. The van der Waals surface area contributed by atoms with Crippen molar-refractivity contribution in [2.45, 2.75) is 13.0 Å². The Morgan fingerprint density at radius 1 is 1.00 bits per heavy atom. The summed E-state index contributed by atoms with van der Waals surface area (Å²) in [5.74, 6) is 0.760. The second-order valence-electron chi connectivity index (χ2n) is 4.44. The van der Waals surface area contributed by atoms with Crippen molar-refractivity contribution in [2.24, 2.45) is 0 Å². The molecule has 0 saturated heterocycles. The average molecular weight is 238 g/mol. The summed E-state index contributed by atoms with van der Waals surface area (Å²) in [4.78, 5) is 0. The molecule has 0 spiro atoms. The van der Waals surface area contributed by atoms with Crippen LogP contribution < -0.4 is 0 Å². The molecule has 0 radical (unpaired) electrons. The maximum absolute atomic E-state index is 10.4. The number of fused-ring (bicyclic) bond motifs is 1. The summed E-state index contributed by atoms with van der Waals surface area (Å²) in [6.45, 7) is 1.86. The van der Waals surface area contributed by atoms with Crippen LogP contribution in [-0.2, 0) is 0 Å². The quantitative estimate of drug-likeness (QED) is 0.736. The van der Waals surface area contributed by atoms with Crippen molar-refractivity contribution in [1.82, 2.24) is 0 Å². The molecule has 3 rings (SSSR count). The van der Waals surface area contributed by atoms with Gasteiger partial charge in [-0.1, -0.05) is 36.4 Å². The number of aryl methyl sites for hydroxylation is 1. The lowest BCUT2D eigenvalue weighted by atomic mass is 9.99. The van der Waals surface area contributed by atoms with Crippen LogP contribution in [0.1, 0.15) is 23.0 Å². The fraction of sp³-hybridized carbons (Fsp3) is 0.125. The highest BCUT2D eigenvalue weighted by atomic mass is 16.3. The van der Waals surface area contributed by atoms with Crippen LogP contribution >= 0.6 is 0 Å². The van der Waals surface area contributed by atoms with Gasteiger partial charge in [0.25, 0.3) is 0 Å². The Bertz CT molecular complexity index is 682. The Morgan fingerprint density at radius 3 is 2.50 bits per heavy atom. The molecule has 90 valence electrons. The first-order valence-corrected chi connectivity index (χ1v) is 5.96. The van der Waals surface area contributed by atoms with E-state index >= 15 is 0 Å². The van der Waals surface area contributed by atoms with Gasteiger partial charge in [-0.25, -0.2) is 0 Å². The van der Waals surface area contributed by atoms with Gasteiger partial charge in [-0.2, -0.15) is 0 Å². The lowest BCUT2D eigenvalue weighted by Crippen LogP contribution is -1.99. The van der Waals surface area contributed by atoms with E-state index in [1.165, 1.54) is 5.39 Å². The molecular weight excluding hydrogens is 224 g/mol. The molecule has 0 aliphatic carbocycles. The maximum atomic E-state index is 10.4. The van der Waals surface area contributed by atoms with E-state index in [4.69, 9.17) is 4.42 Å². The van der Waals surface area contributed by atoms with Gasteiger partial charge >= 0.3 is 0 Å². The normalized spacial score (nSPS) is 12.8. The van der Waals surface area contributed by atoms with Gasteiger partial charge in [-0.15, -0.1) is 0 Å². The van der Waals surface area contributed by atoms with Crippen molar-refractivity contribution >= 4 is 10.8 Å². The lowest BCUT2D eigenvalue weighted by Gasteiger charge is -2.11. The topological polar surface area (TPSA) is 33.4 Å². The van der Waals surface area contributed by atoms with E-state index in [-0.39, 0.29) is 0 Å². The van der Waals surface area contributed by atoms with Crippen molar-refractivity contribution in [1.29, 1.82) is 0 Å². The molecule has 1 unspecified atom stereocenters. The van der Waals surface area contributed by atoms with Crippen LogP contribution in [0.25, 0.3) is 10.8 Å². The third-order valence-corrected chi connectivity index (χ3v) is 3.28. The van der Waals surface area contributed by atoms with Crippen molar-refractivity contribution in [3.8, 4) is 0 Å². The molecule has 18 heavy (non-hydrogen) atoms. The SMILES string of the molecule is Cc1occc1C(O)c1ccc2ccccc2c1. The van der Waals surface area contributed by atoms with Gasteiger partial charge in [0.15, 0.2) is 0 Å². The van der Waals surface area contributed by atoms with Crippen molar-refractivity contribution < 1.29 is 9.52 Å². The summed E-state index contributed by atoms with van der Waals surface area (Å²) in [5, 5.41) is 12.7. The number of aliphatic hydroxyl groups is 1. The Balaban J connectivity index is 2.07. The van der Waals surface area contributed by atoms with Crippen molar-refractivity contribution in [3.05, 3.63) is 71.7 Å². The predicted octanol–water partition coefficient (Wildman–Crippen LogP) is 3.82. The standard InChI is InChI=1S/C16H14O2/c1-11-15(8-9-18-11)16(17)14-7-6-12-4-2-3-5-13(12)10-14/h2-10,16-17H,1H3. The Kier molecular flexibility index (Phi) is 2.65. The lowest BCUT2D eigenvalue weighted by molar-refractivity contribution is 0.218. The minimum Gasteiger partial charge on any atom is -0.469 e. The van der Waals surface area contributed by atoms with E-state index in [2.05, 4.69) is 6.07 Å². The summed E-state index contributed by atoms with van der Waals surface area (Å²) in [7, 11) is 0. The van der Waals surface area contributed by atoms with E-state index in [0.29, 0.717) is 0 Å². The van der Waals surface area contributed by atoms with Crippen LogP contribution in [-0.4, -0.2) is 5.11 Å². The number of hydrogen-bond donors (Lipinski definition) is 1. The van der Waals surface area contributed by atoms with E-state index in [1.807, 2.05) is 49.4 Å². The van der Waals surface area contributed by atoms with Gasteiger partial charge in [0.1, 0.15) is 11.9 Å². The first-order valence-electron chi connectivity index (χ1n) is 5.96. The summed E-state index contributed by atoms with van der Waals surface area (Å²) in [6.07, 6.45) is 0.975. The number of furan rings is 1. The van der Waals surface area contributed by atoms with Gasteiger partial charge in [0.2, 0.25) is 0 Å². The third-order valence-electron chi connectivity index (χ3n) is 3.28. The van der Waals surface area contributed by atoms with Crippen molar-refractivity contribution in [3.63, 3.8) is 0 Å². The van der Waals surface area contributed by atoms with E-state index in [0.717, 1.165) is 22.3 Å². The molecule has 2 aromatic carbocycles. The smallest absolute Gasteiger partial charge is 0.107 e. The molecule has 0 aliphatic rings. The van der Waals surface area contributed by atoms with Gasteiger partial charge in [0, 0.05) is 5.56 Å². The maximum Gasteiger partial charge on any atom is 0.107 e. The highest BCUT2D eigenvalue weighted by Crippen LogP contribution is 2.27. The first-order chi connectivity index (χ1) is 8.75. The summed E-state index contributed by atoms with van der Waals surface area (Å²) < 4.78 is 5.23. The summed E-state index contributed by atoms with van der Waals surface area (Å²) in [5.41, 5.74) is 1.71. The number of rotatable bonds is 2. The zero-order valence-electron chi connectivity index (χ0n) is 10.1. The molecule has 0 aliphatic heterocycles. The second kappa shape index (κ2) is 4.31. The minimum atomic E-state index is -0.631. The molecule has 3 aromatic rings. The molecule has 1 atom stereocenters. The molecule has 2 heteroatoms. The summed E-state index contributed by atoms with van der Waals surface area (Å²) in [6, 6.07) is 16.0. The first kappa shape index (κ1) is 11.1. The number of hydrogen-bond acceptors (Lipinski definition) is 2. The number of benzene rings is 2. The Hall–Kier alpha value is -2.06. The summed E-state index contributed by atoms with van der Waals surface area (Å²) >= 11 is 0. The highest BCUT2D eigenvalue weighted by molar-refractivity contribution is 5.83. The fourth-order valence-electron chi connectivity index (χ4n) is 2.24. The average Bonchev–Trinajstić information content (AvgIpc) is 2.83. The number of aliphatic hydroxyl groups excluding tert-OH is 1. The van der Waals surface area contributed by atoms with Gasteiger partial charge in [0.05, 0.1) is 6.26 Å². The van der Waals surface area contributed by atoms with Crippen LogP contribution in [0.3, 0.4) is 0 Å². The van der Waals surface area contributed by atoms with Crippen LogP contribution in [0.5, 0.6) is 0 Å². The molecule has 2 nitrogen and oxygen atoms in total. The molecule has 1 N–H and O–H groups in total. The van der Waals surface area contributed by atoms with Gasteiger partial charge in [-0.05, 0) is 35.4 Å². The zero-order valence-corrected chi connectivity index (χ0v) is 10.1. The molecule has 1 heterocycles. The largest absolute Gasteiger partial charge is 0.469 e. The van der Waals surface area contributed by atoms with Gasteiger partial charge in [-0.3, -0.25) is 0 Å². The molecular formula is C16H14O2. The molecule has 0 bridgehead atoms. The molecule has 1 aromatic heterocycles. The Labute approximate surface area is 105 Å². The molecule has 0 fully saturated rings. The predicted molar refractivity (Wildman–Crippen MR) is 71.5 cm³/mol. The zero-order chi connectivity index (χ0) is 12.5. The second-order valence-corrected chi connectivity index (χ2v) is 4.44. The van der Waals surface area contributed by atoms with Crippen molar-refractivity contribution in [2.75, 3.05) is 0 Å². The van der Waals surface area contributed by atoms with E-state index in [9.17, 15) is 5.11 Å². The van der Waals surface area contributed by atoms with Crippen LogP contribution in [0.15, 0.2) is 59.2 Å². The minimum absolute atomic E-state index is 0.631. The monoisotopic (exact) mass is 238 g/mol. The van der Waals surface area contributed by atoms with Crippen LogP contribution in [0, 0.1) is 6.92 Å².